The van der Waals surface area contributed by atoms with E-state index in [0.29, 0.717) is 19.3 Å². The number of nitrogens with zero attached hydrogens (tertiary/aromatic N) is 1. The third-order valence-electron chi connectivity index (χ3n) is 5.67. The molecule has 0 aromatic heterocycles. The number of carbonyl (C=O) groups excluding carboxylic acids is 4. The third kappa shape index (κ3) is 9.57. The highest BCUT2D eigenvalue weighted by Gasteiger charge is 2.42. The van der Waals surface area contributed by atoms with Crippen molar-refractivity contribution in [1.29, 1.82) is 0 Å². The van der Waals surface area contributed by atoms with Gasteiger partial charge in [-0.15, -0.1) is 0 Å². The van der Waals surface area contributed by atoms with Crippen LogP contribution in [0.5, 0.6) is 0 Å². The van der Waals surface area contributed by atoms with E-state index in [1.165, 1.54) is 7.05 Å². The third-order valence-corrected chi connectivity index (χ3v) is 7.41. The molecule has 0 bridgehead atoms. The highest BCUT2D eigenvalue weighted by molar-refractivity contribution is 7.58. The summed E-state index contributed by atoms with van der Waals surface area (Å²) >= 11 is 0. The van der Waals surface area contributed by atoms with Crippen molar-refractivity contribution < 1.29 is 28.6 Å². The first-order valence-electron chi connectivity index (χ1n) is 11.8. The summed E-state index contributed by atoms with van der Waals surface area (Å²) in [5.41, 5.74) is 0. The van der Waals surface area contributed by atoms with E-state index in [4.69, 9.17) is 0 Å². The van der Waals surface area contributed by atoms with E-state index in [1.807, 2.05) is 41.5 Å². The van der Waals surface area contributed by atoms with Crippen LogP contribution in [0.3, 0.4) is 0 Å². The number of imide groups is 1. The lowest BCUT2D eigenvalue weighted by Crippen LogP contribution is -2.49. The van der Waals surface area contributed by atoms with Gasteiger partial charge in [-0.05, 0) is 37.0 Å². The molecule has 1 aliphatic rings. The maximum Gasteiger partial charge on any atom is 0.242 e. The van der Waals surface area contributed by atoms with Crippen LogP contribution in [0, 0.1) is 29.6 Å². The second kappa shape index (κ2) is 12.7. The van der Waals surface area contributed by atoms with E-state index in [1.54, 1.807) is 0 Å². The van der Waals surface area contributed by atoms with Gasteiger partial charge in [-0.1, -0.05) is 41.5 Å². The van der Waals surface area contributed by atoms with E-state index >= 15 is 0 Å². The number of likely N-dealkylation sites (tertiary alicyclic amines) is 1. The number of amides is 4. The minimum absolute atomic E-state index is 0.0515. The maximum atomic E-state index is 13.1. The summed E-state index contributed by atoms with van der Waals surface area (Å²) in [6, 6.07) is -0.742. The number of nitrogens with one attached hydrogen (secondary N) is 2. The smallest absolute Gasteiger partial charge is 0.242 e. The monoisotopic (exact) mass is 487 g/mol. The molecule has 9 nitrogen and oxygen atoms in total. The Bertz CT molecular complexity index is 767. The second-order valence-corrected chi connectivity index (χ2v) is 12.8. The first-order chi connectivity index (χ1) is 15.2. The molecule has 0 saturated carbocycles. The second-order valence-electron chi connectivity index (χ2n) is 10.5. The molecular formula is C23H42N3O6P. The summed E-state index contributed by atoms with van der Waals surface area (Å²) in [6.07, 6.45) is 0.444. The first-order valence-corrected chi connectivity index (χ1v) is 13.9. The van der Waals surface area contributed by atoms with Crippen LogP contribution in [-0.2, 0) is 23.7 Å². The summed E-state index contributed by atoms with van der Waals surface area (Å²) in [5, 5.41) is 5.28. The van der Waals surface area contributed by atoms with Gasteiger partial charge in [-0.3, -0.25) is 28.6 Å². The molecule has 1 saturated heterocycles. The molecule has 4 atom stereocenters. The van der Waals surface area contributed by atoms with Crippen molar-refractivity contribution in [1.82, 2.24) is 15.5 Å². The Labute approximate surface area is 197 Å². The van der Waals surface area contributed by atoms with Crippen molar-refractivity contribution in [2.75, 3.05) is 19.5 Å². The minimum atomic E-state index is -4.02. The Morgan fingerprint density at radius 3 is 2.09 bits per heavy atom. The number of carbonyl (C=O) groups is 4. The normalized spacial score (nSPS) is 20.3. The van der Waals surface area contributed by atoms with Gasteiger partial charge in [0.05, 0.1) is 0 Å². The van der Waals surface area contributed by atoms with Crippen molar-refractivity contribution in [3.05, 3.63) is 0 Å². The molecule has 33 heavy (non-hydrogen) atoms. The van der Waals surface area contributed by atoms with Gasteiger partial charge in [-0.25, -0.2) is 0 Å². The fraction of sp³-hybridized carbons (Fsp3) is 0.826. The van der Waals surface area contributed by atoms with Gasteiger partial charge >= 0.3 is 0 Å². The molecule has 10 heteroatoms. The molecule has 3 N–H and O–H groups in total. The lowest BCUT2D eigenvalue weighted by Gasteiger charge is -2.26. The molecule has 1 aliphatic heterocycles. The van der Waals surface area contributed by atoms with Crippen molar-refractivity contribution in [2.24, 2.45) is 29.6 Å². The van der Waals surface area contributed by atoms with E-state index in [9.17, 15) is 28.6 Å². The van der Waals surface area contributed by atoms with Crippen LogP contribution < -0.4 is 10.6 Å². The average Bonchev–Trinajstić information content (AvgIpc) is 2.91. The van der Waals surface area contributed by atoms with Gasteiger partial charge in [0.15, 0.2) is 0 Å². The van der Waals surface area contributed by atoms with Crippen LogP contribution in [0.4, 0.5) is 0 Å². The Morgan fingerprint density at radius 2 is 1.61 bits per heavy atom. The summed E-state index contributed by atoms with van der Waals surface area (Å²) in [5.74, 6) is -2.48. The van der Waals surface area contributed by atoms with E-state index in [-0.39, 0.29) is 36.2 Å². The SMILES string of the molecule is CNC(=O)[C@H](CC(C)C)NC(=O)[C@H](CC(C)C)CP(=O)(O)CN1C(=O)C[C@H](CC(C)C)C1=O. The molecule has 190 valence electrons. The van der Waals surface area contributed by atoms with Crippen molar-refractivity contribution >= 4 is 31.0 Å². The Kier molecular flexibility index (Phi) is 11.2. The average molecular weight is 488 g/mol. The maximum absolute atomic E-state index is 13.1. The van der Waals surface area contributed by atoms with Crippen molar-refractivity contribution in [3.63, 3.8) is 0 Å². The molecule has 1 unspecified atom stereocenters. The Balaban J connectivity index is 2.96. The molecule has 0 aliphatic carbocycles. The molecule has 0 radical (unpaired) electrons. The van der Waals surface area contributed by atoms with E-state index in [0.717, 1.165) is 4.90 Å². The Morgan fingerprint density at radius 1 is 1.03 bits per heavy atom. The Hall–Kier alpha value is -1.73. The van der Waals surface area contributed by atoms with Crippen LogP contribution in [-0.4, -0.2) is 59.0 Å². The molecule has 1 heterocycles. The van der Waals surface area contributed by atoms with E-state index < -0.39 is 49.3 Å². The fourth-order valence-corrected chi connectivity index (χ4v) is 6.13. The zero-order chi connectivity index (χ0) is 25.5. The van der Waals surface area contributed by atoms with Gasteiger partial charge in [0.1, 0.15) is 12.3 Å². The van der Waals surface area contributed by atoms with Crippen molar-refractivity contribution in [3.8, 4) is 0 Å². The quantitative estimate of drug-likeness (QED) is 0.270. The summed E-state index contributed by atoms with van der Waals surface area (Å²) in [4.78, 5) is 61.8. The molecule has 1 rings (SSSR count). The van der Waals surface area contributed by atoms with Crippen LogP contribution >= 0.6 is 7.37 Å². The zero-order valence-corrected chi connectivity index (χ0v) is 22.0. The van der Waals surface area contributed by atoms with Gasteiger partial charge in [0.2, 0.25) is 31.0 Å². The number of hydrogen-bond acceptors (Lipinski definition) is 5. The van der Waals surface area contributed by atoms with Crippen LogP contribution in [0.25, 0.3) is 0 Å². The number of rotatable bonds is 13. The van der Waals surface area contributed by atoms with Crippen LogP contribution in [0.15, 0.2) is 0 Å². The lowest BCUT2D eigenvalue weighted by atomic mass is 9.96. The minimum Gasteiger partial charge on any atom is -0.357 e. The van der Waals surface area contributed by atoms with E-state index in [2.05, 4.69) is 10.6 Å². The fourth-order valence-electron chi connectivity index (χ4n) is 4.28. The zero-order valence-electron chi connectivity index (χ0n) is 21.1. The number of likely N-dealkylation sites (N-methyl/N-ethyl adjacent to an activating group) is 1. The highest BCUT2D eigenvalue weighted by atomic mass is 31.2. The largest absolute Gasteiger partial charge is 0.357 e. The lowest BCUT2D eigenvalue weighted by molar-refractivity contribution is -0.138. The van der Waals surface area contributed by atoms with Gasteiger partial charge in [0, 0.05) is 31.5 Å². The summed E-state index contributed by atoms with van der Waals surface area (Å²) < 4.78 is 13.1. The van der Waals surface area contributed by atoms with Gasteiger partial charge < -0.3 is 15.5 Å². The molecule has 4 amide bonds. The van der Waals surface area contributed by atoms with Gasteiger partial charge in [0.25, 0.3) is 0 Å². The molecule has 0 spiro atoms. The van der Waals surface area contributed by atoms with Crippen molar-refractivity contribution in [2.45, 2.75) is 73.3 Å². The summed E-state index contributed by atoms with van der Waals surface area (Å²) in [6.45, 7) is 11.6. The predicted octanol–water partition coefficient (Wildman–Crippen LogP) is 2.57. The standard InChI is InChI=1S/C23H42N3O6P/c1-14(2)8-17-11-20(27)26(23(17)30)13-33(31,32)12-18(9-15(3)4)21(28)25-19(10-16(5)6)22(29)24-7/h14-19H,8-13H2,1-7H3,(H,24,29)(H,25,28)(H,31,32)/t17-,18+,19-/m0/s1. The predicted molar refractivity (Wildman–Crippen MR) is 127 cm³/mol. The summed E-state index contributed by atoms with van der Waals surface area (Å²) in [7, 11) is -2.53. The van der Waals surface area contributed by atoms with Crippen LogP contribution in [0.2, 0.25) is 0 Å². The van der Waals surface area contributed by atoms with Gasteiger partial charge in [-0.2, -0.15) is 0 Å². The topological polar surface area (TPSA) is 133 Å². The molecular weight excluding hydrogens is 445 g/mol. The molecule has 0 aromatic carbocycles. The molecule has 0 aromatic rings. The first kappa shape index (κ1) is 29.3. The van der Waals surface area contributed by atoms with Crippen LogP contribution in [0.1, 0.15) is 67.2 Å². The number of hydrogen-bond donors (Lipinski definition) is 3. The molecule has 1 fully saturated rings. The highest BCUT2D eigenvalue weighted by Crippen LogP contribution is 2.46.